The highest BCUT2D eigenvalue weighted by atomic mass is 35.5. The second kappa shape index (κ2) is 6.94. The number of aryl methyl sites for hydroxylation is 2. The molecule has 7 heteroatoms. The van der Waals surface area contributed by atoms with Crippen LogP contribution < -0.4 is 5.32 Å². The number of fused-ring (bicyclic) bond motifs is 1. The molecule has 0 saturated heterocycles. The molecule has 0 bridgehead atoms. The number of benzene rings is 2. The van der Waals surface area contributed by atoms with Crippen molar-refractivity contribution in [2.24, 2.45) is 0 Å². The smallest absolute Gasteiger partial charge is 0.256 e. The van der Waals surface area contributed by atoms with E-state index in [1.807, 2.05) is 26.0 Å². The van der Waals surface area contributed by atoms with Crippen molar-refractivity contribution in [1.29, 1.82) is 0 Å². The molecule has 0 unspecified atom stereocenters. The van der Waals surface area contributed by atoms with E-state index in [4.69, 9.17) is 11.6 Å². The molecule has 2 heterocycles. The van der Waals surface area contributed by atoms with E-state index < -0.39 is 10.8 Å². The molecule has 1 aromatic heterocycles. The Labute approximate surface area is 164 Å². The lowest BCUT2D eigenvalue weighted by Crippen LogP contribution is -2.17. The van der Waals surface area contributed by atoms with Crippen LogP contribution in [0, 0.1) is 13.8 Å². The zero-order valence-electron chi connectivity index (χ0n) is 15.0. The normalized spacial score (nSPS) is 15.6. The summed E-state index contributed by atoms with van der Waals surface area (Å²) in [5, 5.41) is 8.19. The molecule has 2 aromatic carbocycles. The van der Waals surface area contributed by atoms with Crippen molar-refractivity contribution in [3.05, 3.63) is 75.4 Å². The molecule has 1 aliphatic heterocycles. The molecular formula is C20H18ClN3O2S. The summed E-state index contributed by atoms with van der Waals surface area (Å²) < 4.78 is 13.8. The molecule has 0 aliphatic carbocycles. The van der Waals surface area contributed by atoms with Gasteiger partial charge in [-0.2, -0.15) is 5.10 Å². The summed E-state index contributed by atoms with van der Waals surface area (Å²) in [7, 11) is -0.979. The Hall–Kier alpha value is -2.44. The van der Waals surface area contributed by atoms with Gasteiger partial charge < -0.3 is 5.32 Å². The Bertz CT molecular complexity index is 1070. The van der Waals surface area contributed by atoms with Gasteiger partial charge in [-0.1, -0.05) is 29.3 Å². The second-order valence-electron chi connectivity index (χ2n) is 6.67. The predicted molar refractivity (Wildman–Crippen MR) is 108 cm³/mol. The van der Waals surface area contributed by atoms with Crippen LogP contribution in [0.2, 0.25) is 5.02 Å². The molecule has 1 aliphatic rings. The lowest BCUT2D eigenvalue weighted by atomic mass is 10.1. The quantitative estimate of drug-likeness (QED) is 0.719. The molecule has 5 nitrogen and oxygen atoms in total. The Morgan fingerprint density at radius 2 is 1.89 bits per heavy atom. The standard InChI is InChI=1S/C20H18ClN3O2S/c1-12-3-8-18(13(2)9-12)24-19(16-10-27(26)11-17(16)23-24)22-20(25)14-4-6-15(21)7-5-14/h3-9H,10-11H2,1-2H3,(H,22,25)/t27-/m0/s1. The fourth-order valence-electron chi connectivity index (χ4n) is 3.25. The number of anilines is 1. The fourth-order valence-corrected chi connectivity index (χ4v) is 4.64. The average Bonchev–Trinajstić information content (AvgIpc) is 3.13. The first-order chi connectivity index (χ1) is 12.9. The second-order valence-corrected chi connectivity index (χ2v) is 8.56. The average molecular weight is 400 g/mol. The third kappa shape index (κ3) is 3.42. The lowest BCUT2D eigenvalue weighted by molar-refractivity contribution is 0.102. The Balaban J connectivity index is 1.77. The maximum absolute atomic E-state index is 12.8. The maximum Gasteiger partial charge on any atom is 0.256 e. The van der Waals surface area contributed by atoms with Gasteiger partial charge in [-0.25, -0.2) is 4.68 Å². The van der Waals surface area contributed by atoms with E-state index in [0.29, 0.717) is 27.9 Å². The van der Waals surface area contributed by atoms with Crippen molar-refractivity contribution in [1.82, 2.24) is 9.78 Å². The molecule has 0 saturated carbocycles. The third-order valence-electron chi connectivity index (χ3n) is 4.59. The van der Waals surface area contributed by atoms with Gasteiger partial charge in [-0.15, -0.1) is 0 Å². The van der Waals surface area contributed by atoms with E-state index >= 15 is 0 Å². The highest BCUT2D eigenvalue weighted by Crippen LogP contribution is 2.32. The predicted octanol–water partition coefficient (Wildman–Crippen LogP) is 4.16. The minimum Gasteiger partial charge on any atom is -0.306 e. The van der Waals surface area contributed by atoms with Crippen molar-refractivity contribution >= 4 is 34.1 Å². The molecule has 0 spiro atoms. The highest BCUT2D eigenvalue weighted by molar-refractivity contribution is 7.83. The Morgan fingerprint density at radius 1 is 1.15 bits per heavy atom. The molecule has 138 valence electrons. The first-order valence-electron chi connectivity index (χ1n) is 8.52. The molecule has 1 atom stereocenters. The highest BCUT2D eigenvalue weighted by Gasteiger charge is 2.28. The zero-order valence-corrected chi connectivity index (χ0v) is 16.5. The van der Waals surface area contributed by atoms with Crippen LogP contribution in [0.4, 0.5) is 5.82 Å². The summed E-state index contributed by atoms with van der Waals surface area (Å²) >= 11 is 5.91. The van der Waals surface area contributed by atoms with Crippen LogP contribution in [0.5, 0.6) is 0 Å². The van der Waals surface area contributed by atoms with Crippen LogP contribution >= 0.6 is 11.6 Å². The number of halogens is 1. The third-order valence-corrected chi connectivity index (χ3v) is 6.05. The van der Waals surface area contributed by atoms with Gasteiger partial charge in [0.15, 0.2) is 0 Å². The lowest BCUT2D eigenvalue weighted by Gasteiger charge is -2.13. The number of rotatable bonds is 3. The zero-order chi connectivity index (χ0) is 19.1. The summed E-state index contributed by atoms with van der Waals surface area (Å²) in [6.45, 7) is 4.05. The van der Waals surface area contributed by atoms with E-state index in [-0.39, 0.29) is 5.91 Å². The number of amides is 1. The van der Waals surface area contributed by atoms with Crippen LogP contribution in [0.15, 0.2) is 42.5 Å². The van der Waals surface area contributed by atoms with Crippen molar-refractivity contribution < 1.29 is 9.00 Å². The van der Waals surface area contributed by atoms with Gasteiger partial charge in [0.1, 0.15) is 5.82 Å². The number of nitrogens with zero attached hydrogens (tertiary/aromatic N) is 2. The van der Waals surface area contributed by atoms with Crippen molar-refractivity contribution in [2.45, 2.75) is 25.4 Å². The molecule has 1 N–H and O–H groups in total. The number of carbonyl (C=O) groups is 1. The van der Waals surface area contributed by atoms with Gasteiger partial charge >= 0.3 is 0 Å². The van der Waals surface area contributed by atoms with Gasteiger partial charge in [-0.3, -0.25) is 9.00 Å². The number of hydrogen-bond donors (Lipinski definition) is 1. The maximum atomic E-state index is 12.8. The van der Waals surface area contributed by atoms with E-state index in [1.165, 1.54) is 0 Å². The van der Waals surface area contributed by atoms with Crippen LogP contribution in [-0.4, -0.2) is 19.9 Å². The van der Waals surface area contributed by atoms with Gasteiger partial charge in [0, 0.05) is 26.9 Å². The first kappa shape index (κ1) is 17.9. The van der Waals surface area contributed by atoms with Crippen LogP contribution in [0.25, 0.3) is 5.69 Å². The largest absolute Gasteiger partial charge is 0.306 e. The monoisotopic (exact) mass is 399 g/mol. The number of aromatic nitrogens is 2. The molecule has 27 heavy (non-hydrogen) atoms. The van der Waals surface area contributed by atoms with Crippen molar-refractivity contribution in [3.8, 4) is 5.69 Å². The molecule has 0 fully saturated rings. The summed E-state index contributed by atoms with van der Waals surface area (Å²) in [5.41, 5.74) is 5.23. The Morgan fingerprint density at radius 3 is 2.59 bits per heavy atom. The minimum absolute atomic E-state index is 0.252. The van der Waals surface area contributed by atoms with E-state index in [1.54, 1.807) is 28.9 Å². The van der Waals surface area contributed by atoms with Gasteiger partial charge in [-0.05, 0) is 49.7 Å². The topological polar surface area (TPSA) is 64.0 Å². The first-order valence-corrected chi connectivity index (χ1v) is 10.4. The summed E-state index contributed by atoms with van der Waals surface area (Å²) in [6.07, 6.45) is 0. The van der Waals surface area contributed by atoms with Crippen LogP contribution in [0.3, 0.4) is 0 Å². The summed E-state index contributed by atoms with van der Waals surface area (Å²) in [5.74, 6) is 1.15. The SMILES string of the molecule is Cc1ccc(-n2nc3c(c2NC(=O)c2ccc(Cl)cc2)C[S@](=O)C3)c(C)c1. The van der Waals surface area contributed by atoms with Gasteiger partial charge in [0.2, 0.25) is 0 Å². The van der Waals surface area contributed by atoms with Gasteiger partial charge in [0.05, 0.1) is 22.9 Å². The number of carbonyl (C=O) groups excluding carboxylic acids is 1. The summed E-state index contributed by atoms with van der Waals surface area (Å²) in [4.78, 5) is 12.8. The fraction of sp³-hybridized carbons (Fsp3) is 0.200. The van der Waals surface area contributed by atoms with E-state index in [2.05, 4.69) is 16.5 Å². The molecule has 3 aromatic rings. The van der Waals surface area contributed by atoms with E-state index in [0.717, 1.165) is 28.1 Å². The van der Waals surface area contributed by atoms with Gasteiger partial charge in [0.25, 0.3) is 5.91 Å². The number of nitrogens with one attached hydrogen (secondary N) is 1. The van der Waals surface area contributed by atoms with E-state index in [9.17, 15) is 9.00 Å². The van der Waals surface area contributed by atoms with Crippen molar-refractivity contribution in [2.75, 3.05) is 5.32 Å². The number of hydrogen-bond acceptors (Lipinski definition) is 3. The minimum atomic E-state index is -0.979. The molecule has 0 radical (unpaired) electrons. The molecule has 1 amide bonds. The van der Waals surface area contributed by atoms with Crippen molar-refractivity contribution in [3.63, 3.8) is 0 Å². The Kier molecular flexibility index (Phi) is 4.61. The summed E-state index contributed by atoms with van der Waals surface area (Å²) in [6, 6.07) is 12.8. The molecule has 4 rings (SSSR count). The van der Waals surface area contributed by atoms with Crippen LogP contribution in [0.1, 0.15) is 32.7 Å². The molecular weight excluding hydrogens is 382 g/mol. The van der Waals surface area contributed by atoms with Crippen LogP contribution in [-0.2, 0) is 22.3 Å².